The summed E-state index contributed by atoms with van der Waals surface area (Å²) in [6.07, 6.45) is 28.5. The van der Waals surface area contributed by atoms with Crippen LogP contribution in [0.4, 0.5) is 0 Å². The molecular weight excluding hydrogens is 713 g/mol. The van der Waals surface area contributed by atoms with E-state index in [2.05, 4.69) is 46.8 Å². The number of unbranched alkanes of at least 4 members (excludes halogenated alkanes) is 7. The first-order chi connectivity index (χ1) is 27.4. The van der Waals surface area contributed by atoms with Gasteiger partial charge in [-0.1, -0.05) is 154 Å². The Bertz CT molecular complexity index is 1330. The summed E-state index contributed by atoms with van der Waals surface area (Å²) in [5.74, 6) is -0.922. The number of aliphatic carboxylic acids is 1. The molecule has 0 heterocycles. The summed E-state index contributed by atoms with van der Waals surface area (Å²) in [4.78, 5) is 58.9. The molecule has 0 spiro atoms. The Morgan fingerprint density at radius 1 is 0.579 bits per heavy atom. The van der Waals surface area contributed by atoms with Gasteiger partial charge in [-0.2, -0.15) is 0 Å². The maximum absolute atomic E-state index is 10.1. The normalized spacial score (nSPS) is 9.65. The van der Waals surface area contributed by atoms with Crippen LogP contribution in [0.5, 0.6) is 0 Å². The lowest BCUT2D eigenvalue weighted by Crippen LogP contribution is -1.85. The van der Waals surface area contributed by atoms with E-state index in [0.29, 0.717) is 0 Å². The number of benzene rings is 2. The van der Waals surface area contributed by atoms with E-state index in [0.717, 1.165) is 98.3 Å². The standard InChI is InChI=1S/2C10H16O.C10H20O.C9H8O2.C7H6O.C2H4O.C2H6/c2*1-9(2)5-4-6-10(3)7-8-11;1-2-3-4-5-6-7-8-9-10-11;10-9(11)7-6-8-4-2-1-3-5-8;8-6-7-4-2-1-3-5-7;1-2-3;1-2/h2*5,7-8H,4,6H2,1-3H3;10H,2-9H2,1H3;1-7H,(H,10,11);1-6H;2H,1H3;1-2H3/b10-7+;10-7-;;7-6+;;;. The van der Waals surface area contributed by atoms with Gasteiger partial charge in [-0.05, 0) is 104 Å². The highest BCUT2D eigenvalue weighted by Crippen LogP contribution is 2.08. The van der Waals surface area contributed by atoms with Crippen LogP contribution < -0.4 is 0 Å². The first-order valence-corrected chi connectivity index (χ1v) is 20.2. The largest absolute Gasteiger partial charge is 0.478 e. The van der Waals surface area contributed by atoms with Crippen molar-refractivity contribution in [3.63, 3.8) is 0 Å². The van der Waals surface area contributed by atoms with E-state index in [9.17, 15) is 24.0 Å². The van der Waals surface area contributed by atoms with Crippen LogP contribution in [-0.2, 0) is 24.0 Å². The fourth-order valence-corrected chi connectivity index (χ4v) is 4.02. The van der Waals surface area contributed by atoms with E-state index >= 15 is 0 Å². The Morgan fingerprint density at radius 2 is 0.965 bits per heavy atom. The fourth-order valence-electron chi connectivity index (χ4n) is 4.02. The van der Waals surface area contributed by atoms with Crippen molar-refractivity contribution in [2.45, 2.75) is 146 Å². The molecule has 0 bridgehead atoms. The number of hydrogen-bond donors (Lipinski definition) is 1. The molecule has 318 valence electrons. The Morgan fingerprint density at radius 3 is 1.28 bits per heavy atom. The zero-order valence-electron chi connectivity index (χ0n) is 37.0. The molecule has 7 nitrogen and oxygen atoms in total. The van der Waals surface area contributed by atoms with E-state index in [4.69, 9.17) is 9.90 Å². The molecule has 0 fully saturated rings. The van der Waals surface area contributed by atoms with Crippen molar-refractivity contribution in [2.24, 2.45) is 0 Å². The molecule has 0 unspecified atom stereocenters. The van der Waals surface area contributed by atoms with Crippen LogP contribution in [0.1, 0.15) is 162 Å². The van der Waals surface area contributed by atoms with Crippen molar-refractivity contribution in [1.82, 2.24) is 0 Å². The van der Waals surface area contributed by atoms with Gasteiger partial charge in [0.2, 0.25) is 0 Å². The van der Waals surface area contributed by atoms with Crippen LogP contribution in [0.15, 0.2) is 113 Å². The smallest absolute Gasteiger partial charge is 0.328 e. The zero-order valence-corrected chi connectivity index (χ0v) is 37.0. The Labute approximate surface area is 347 Å². The van der Waals surface area contributed by atoms with Gasteiger partial charge in [-0.15, -0.1) is 0 Å². The van der Waals surface area contributed by atoms with Gasteiger partial charge in [0.15, 0.2) is 0 Å². The van der Waals surface area contributed by atoms with E-state index in [1.165, 1.54) is 56.6 Å². The topological polar surface area (TPSA) is 123 Å². The number of carboxylic acids is 1. The van der Waals surface area contributed by atoms with Crippen LogP contribution in [0, 0.1) is 0 Å². The maximum atomic E-state index is 10.1. The highest BCUT2D eigenvalue weighted by Gasteiger charge is 1.90. The van der Waals surface area contributed by atoms with Crippen LogP contribution in [0.25, 0.3) is 6.08 Å². The highest BCUT2D eigenvalue weighted by atomic mass is 16.4. The summed E-state index contributed by atoms with van der Waals surface area (Å²) >= 11 is 0. The molecule has 0 atom stereocenters. The lowest BCUT2D eigenvalue weighted by molar-refractivity contribution is -0.131. The lowest BCUT2D eigenvalue weighted by Gasteiger charge is -1.97. The summed E-state index contributed by atoms with van der Waals surface area (Å²) in [6, 6.07) is 18.4. The predicted octanol–water partition coefficient (Wildman–Crippen LogP) is 13.6. The second kappa shape index (κ2) is 53.1. The van der Waals surface area contributed by atoms with E-state index < -0.39 is 5.97 Å². The molecule has 7 heteroatoms. The van der Waals surface area contributed by atoms with Crippen LogP contribution in [0.2, 0.25) is 0 Å². The van der Waals surface area contributed by atoms with Gasteiger partial charge in [0.1, 0.15) is 31.4 Å². The highest BCUT2D eigenvalue weighted by molar-refractivity contribution is 5.85. The molecule has 0 saturated heterocycles. The molecule has 0 aromatic heterocycles. The molecule has 0 amide bonds. The average molecular weight is 789 g/mol. The average Bonchev–Trinajstić information content (AvgIpc) is 3.19. The van der Waals surface area contributed by atoms with Gasteiger partial charge >= 0.3 is 5.97 Å². The van der Waals surface area contributed by atoms with Gasteiger partial charge in [-0.25, -0.2) is 4.79 Å². The molecule has 1 N–H and O–H groups in total. The van der Waals surface area contributed by atoms with Crippen LogP contribution in [-0.4, -0.2) is 42.5 Å². The Balaban J connectivity index is -0.000000192. The van der Waals surface area contributed by atoms with Gasteiger partial charge in [0, 0.05) is 18.1 Å². The van der Waals surface area contributed by atoms with Crippen molar-refractivity contribution in [3.05, 3.63) is 124 Å². The van der Waals surface area contributed by atoms with Crippen molar-refractivity contribution < 1.29 is 33.9 Å². The van der Waals surface area contributed by atoms with Gasteiger partial charge in [0.05, 0.1) is 0 Å². The summed E-state index contributed by atoms with van der Waals surface area (Å²) in [5.41, 5.74) is 6.60. The molecular formula is C50H76O7. The predicted molar refractivity (Wildman–Crippen MR) is 244 cm³/mol. The number of aldehydes is 5. The van der Waals surface area contributed by atoms with Crippen molar-refractivity contribution >= 4 is 43.5 Å². The third-order valence-electron chi connectivity index (χ3n) is 6.97. The second-order valence-electron chi connectivity index (χ2n) is 12.9. The molecule has 0 radical (unpaired) electrons. The summed E-state index contributed by atoms with van der Waals surface area (Å²) in [6.45, 7) is 20.0. The Hall–Kier alpha value is -5.04. The van der Waals surface area contributed by atoms with Crippen LogP contribution >= 0.6 is 0 Å². The third-order valence-corrected chi connectivity index (χ3v) is 6.97. The molecule has 57 heavy (non-hydrogen) atoms. The number of allylic oxidation sites excluding steroid dienone is 8. The molecule has 0 aliphatic heterocycles. The summed E-state index contributed by atoms with van der Waals surface area (Å²) < 4.78 is 0. The van der Waals surface area contributed by atoms with Gasteiger partial charge < -0.3 is 14.7 Å². The Kier molecular flexibility index (Phi) is 57.0. The first-order valence-electron chi connectivity index (χ1n) is 20.2. The molecule has 0 aliphatic rings. The summed E-state index contributed by atoms with van der Waals surface area (Å²) in [5, 5.41) is 8.29. The van der Waals surface area contributed by atoms with Crippen molar-refractivity contribution in [2.75, 3.05) is 0 Å². The van der Waals surface area contributed by atoms with Crippen LogP contribution in [0.3, 0.4) is 0 Å². The number of carboxylic acid groups (broad SMARTS) is 1. The molecule has 2 aromatic rings. The van der Waals surface area contributed by atoms with E-state index in [1.54, 1.807) is 30.4 Å². The molecule has 0 saturated carbocycles. The zero-order chi connectivity index (χ0) is 44.4. The van der Waals surface area contributed by atoms with Gasteiger partial charge in [-0.3, -0.25) is 14.4 Å². The molecule has 2 aromatic carbocycles. The van der Waals surface area contributed by atoms with E-state index in [-0.39, 0.29) is 0 Å². The number of carbonyl (C=O) groups is 6. The minimum atomic E-state index is -0.922. The molecule has 0 aliphatic carbocycles. The van der Waals surface area contributed by atoms with Crippen molar-refractivity contribution in [3.8, 4) is 0 Å². The minimum absolute atomic E-state index is 0.729. The number of rotatable bonds is 19. The number of carbonyl (C=O) groups excluding carboxylic acids is 5. The fraction of sp³-hybridized carbons (Fsp3) is 0.440. The maximum Gasteiger partial charge on any atom is 0.328 e. The quantitative estimate of drug-likeness (QED) is 0.0650. The monoisotopic (exact) mass is 789 g/mol. The second-order valence-corrected chi connectivity index (χ2v) is 12.9. The first kappa shape index (κ1) is 61.2. The SMILES string of the molecule is CC.CC(C)=CCC/C(C)=C/C=O.CC(C)=CCC/C(C)=C\C=O.CC=O.CCCCCCCCCC=O.O=C(O)/C=C/c1ccccc1.O=Cc1ccccc1. The minimum Gasteiger partial charge on any atom is -0.478 e. The lowest BCUT2D eigenvalue weighted by atomic mass is 10.1. The molecule has 2 rings (SSSR count). The third kappa shape index (κ3) is 63.2. The van der Waals surface area contributed by atoms with E-state index in [1.807, 2.05) is 76.2 Å². The van der Waals surface area contributed by atoms with Gasteiger partial charge in [0.25, 0.3) is 0 Å². The summed E-state index contributed by atoms with van der Waals surface area (Å²) in [7, 11) is 0. The van der Waals surface area contributed by atoms with Crippen molar-refractivity contribution in [1.29, 1.82) is 0 Å². The number of hydrogen-bond acceptors (Lipinski definition) is 6.